The van der Waals surface area contributed by atoms with Crippen molar-refractivity contribution in [2.45, 2.75) is 19.6 Å². The van der Waals surface area contributed by atoms with Crippen LogP contribution in [0.15, 0.2) is 42.5 Å². The van der Waals surface area contributed by atoms with Crippen molar-refractivity contribution in [1.29, 1.82) is 0 Å². The van der Waals surface area contributed by atoms with Crippen LogP contribution in [0.3, 0.4) is 0 Å². The molecule has 0 aliphatic rings. The largest absolute Gasteiger partial charge is 1.00 e. The summed E-state index contributed by atoms with van der Waals surface area (Å²) in [7, 11) is 0. The van der Waals surface area contributed by atoms with Gasteiger partial charge in [-0.2, -0.15) is 0 Å². The number of ether oxygens (including phenoxy) is 2. The maximum atomic E-state index is 10.6. The Balaban J connectivity index is 0.00000264. The van der Waals surface area contributed by atoms with Gasteiger partial charge >= 0.3 is 51.4 Å². The number of carbonyl (C=O) groups excluding carboxylic acids is 1. The van der Waals surface area contributed by atoms with E-state index in [0.717, 1.165) is 5.56 Å². The monoisotopic (exact) mass is 378 g/mol. The van der Waals surface area contributed by atoms with Gasteiger partial charge in [0.15, 0.2) is 0 Å². The van der Waals surface area contributed by atoms with Gasteiger partial charge in [0.2, 0.25) is 0 Å². The molecule has 1 unspecified atom stereocenters. The van der Waals surface area contributed by atoms with Crippen molar-refractivity contribution in [3.05, 3.63) is 58.1 Å². The molecule has 0 aliphatic carbocycles. The Morgan fingerprint density at radius 1 is 1.17 bits per heavy atom. The molecule has 2 rings (SSSR count). The van der Waals surface area contributed by atoms with E-state index in [1.807, 2.05) is 0 Å². The number of halogens is 2. The maximum Gasteiger partial charge on any atom is 1.00 e. The second-order valence-electron chi connectivity index (χ2n) is 4.59. The zero-order valence-corrected chi connectivity index (χ0v) is 17.3. The fourth-order valence-corrected chi connectivity index (χ4v) is 2.13. The fourth-order valence-electron chi connectivity index (χ4n) is 1.67. The molecule has 7 heteroatoms. The van der Waals surface area contributed by atoms with Crippen LogP contribution in [0.2, 0.25) is 10.0 Å². The molecule has 0 amide bonds. The summed E-state index contributed by atoms with van der Waals surface area (Å²) >= 11 is 11.8. The zero-order chi connectivity index (χ0) is 16.1. The van der Waals surface area contributed by atoms with E-state index in [4.69, 9.17) is 32.7 Å². The number of rotatable bonds is 6. The Morgan fingerprint density at radius 2 is 1.83 bits per heavy atom. The summed E-state index contributed by atoms with van der Waals surface area (Å²) in [6.07, 6.45) is -1.00. The summed E-state index contributed by atoms with van der Waals surface area (Å²) in [5.41, 5.74) is 0.888. The SMILES string of the molecule is CC(Oc1ccc(COc2ccc(Cl)cc2Cl)cc1)C(=O)[O-].[K+]. The van der Waals surface area contributed by atoms with Crippen LogP contribution in [0.25, 0.3) is 0 Å². The molecular weight excluding hydrogens is 366 g/mol. The molecule has 0 fully saturated rings. The Labute approximate surface area is 187 Å². The van der Waals surface area contributed by atoms with Gasteiger partial charge in [-0.25, -0.2) is 0 Å². The number of aliphatic carboxylic acids is 1. The van der Waals surface area contributed by atoms with Crippen molar-refractivity contribution >= 4 is 29.2 Å². The molecule has 0 saturated carbocycles. The van der Waals surface area contributed by atoms with Gasteiger partial charge in [-0.3, -0.25) is 0 Å². The predicted octanol–water partition coefficient (Wildman–Crippen LogP) is 0.0936. The average Bonchev–Trinajstić information content (AvgIpc) is 2.47. The van der Waals surface area contributed by atoms with Crippen LogP contribution in [0.1, 0.15) is 12.5 Å². The normalized spacial score (nSPS) is 11.3. The Morgan fingerprint density at radius 3 is 2.39 bits per heavy atom. The number of carboxylic acid groups (broad SMARTS) is 1. The number of hydrogen-bond acceptors (Lipinski definition) is 4. The van der Waals surface area contributed by atoms with Gasteiger partial charge in [-0.05, 0) is 42.8 Å². The number of carbonyl (C=O) groups is 1. The first-order chi connectivity index (χ1) is 10.5. The molecule has 4 nitrogen and oxygen atoms in total. The van der Waals surface area contributed by atoms with Crippen molar-refractivity contribution < 1.29 is 70.8 Å². The first-order valence-corrected chi connectivity index (χ1v) is 7.25. The van der Waals surface area contributed by atoms with E-state index < -0.39 is 12.1 Å². The second kappa shape index (κ2) is 9.89. The van der Waals surface area contributed by atoms with E-state index in [2.05, 4.69) is 0 Å². The Hall–Kier alpha value is -0.274. The standard InChI is InChI=1S/C16H14Cl2O4.K/c1-10(16(19)20)22-13-5-2-11(3-6-13)9-21-15-7-4-12(17)8-14(15)18;/h2-8,10H,9H2,1H3,(H,19,20);/q;+1/p-1. The van der Waals surface area contributed by atoms with E-state index >= 15 is 0 Å². The second-order valence-corrected chi connectivity index (χ2v) is 5.43. The summed E-state index contributed by atoms with van der Waals surface area (Å²) < 4.78 is 10.8. The molecule has 116 valence electrons. The summed E-state index contributed by atoms with van der Waals surface area (Å²) in [6.45, 7) is 1.73. The van der Waals surface area contributed by atoms with Crippen LogP contribution in [-0.4, -0.2) is 12.1 Å². The summed E-state index contributed by atoms with van der Waals surface area (Å²) in [5, 5.41) is 11.6. The van der Waals surface area contributed by atoms with E-state index in [1.54, 1.807) is 42.5 Å². The first-order valence-electron chi connectivity index (χ1n) is 6.50. The van der Waals surface area contributed by atoms with E-state index in [-0.39, 0.29) is 51.4 Å². The molecule has 0 aromatic heterocycles. The minimum Gasteiger partial charge on any atom is -0.546 e. The Bertz CT molecular complexity index is 662. The molecule has 0 radical (unpaired) electrons. The van der Waals surface area contributed by atoms with Crippen LogP contribution in [0, 0.1) is 0 Å². The van der Waals surface area contributed by atoms with Crippen molar-refractivity contribution in [3.63, 3.8) is 0 Å². The smallest absolute Gasteiger partial charge is 0.546 e. The van der Waals surface area contributed by atoms with Crippen molar-refractivity contribution in [2.24, 2.45) is 0 Å². The zero-order valence-electron chi connectivity index (χ0n) is 12.7. The quantitative estimate of drug-likeness (QED) is 0.668. The number of hydrogen-bond donors (Lipinski definition) is 0. The van der Waals surface area contributed by atoms with E-state index in [0.29, 0.717) is 28.2 Å². The first kappa shape index (κ1) is 20.8. The molecule has 0 aliphatic heterocycles. The summed E-state index contributed by atoms with van der Waals surface area (Å²) in [6, 6.07) is 11.9. The van der Waals surface area contributed by atoms with E-state index in [9.17, 15) is 9.90 Å². The van der Waals surface area contributed by atoms with Crippen LogP contribution >= 0.6 is 23.2 Å². The molecule has 0 N–H and O–H groups in total. The summed E-state index contributed by atoms with van der Waals surface area (Å²) in [5.74, 6) is -0.272. The van der Waals surface area contributed by atoms with Gasteiger partial charge in [-0.15, -0.1) is 0 Å². The molecule has 2 aromatic rings. The van der Waals surface area contributed by atoms with Crippen LogP contribution in [0.4, 0.5) is 0 Å². The molecule has 23 heavy (non-hydrogen) atoms. The van der Waals surface area contributed by atoms with Gasteiger partial charge in [0, 0.05) is 5.02 Å². The Kier molecular flexibility index (Phi) is 8.93. The summed E-state index contributed by atoms with van der Waals surface area (Å²) in [4.78, 5) is 10.6. The predicted molar refractivity (Wildman–Crippen MR) is 82.3 cm³/mol. The average molecular weight is 379 g/mol. The number of benzene rings is 2. The molecular formula is C16H13Cl2KO4. The van der Waals surface area contributed by atoms with E-state index in [1.165, 1.54) is 6.92 Å². The maximum absolute atomic E-state index is 10.6. The third-order valence-corrected chi connectivity index (χ3v) is 3.39. The molecule has 2 aromatic carbocycles. The van der Waals surface area contributed by atoms with Crippen LogP contribution in [0.5, 0.6) is 11.5 Å². The molecule has 0 saturated heterocycles. The van der Waals surface area contributed by atoms with Gasteiger partial charge in [-0.1, -0.05) is 35.3 Å². The number of carboxylic acids is 1. The fraction of sp³-hybridized carbons (Fsp3) is 0.188. The topological polar surface area (TPSA) is 58.6 Å². The van der Waals surface area contributed by atoms with Gasteiger partial charge in [0.25, 0.3) is 0 Å². The van der Waals surface area contributed by atoms with Gasteiger partial charge < -0.3 is 19.4 Å². The third-order valence-electron chi connectivity index (χ3n) is 2.86. The van der Waals surface area contributed by atoms with Crippen LogP contribution < -0.4 is 66.0 Å². The van der Waals surface area contributed by atoms with Crippen LogP contribution in [-0.2, 0) is 11.4 Å². The van der Waals surface area contributed by atoms with Gasteiger partial charge in [0.1, 0.15) is 24.2 Å². The molecule has 1 atom stereocenters. The van der Waals surface area contributed by atoms with Crippen molar-refractivity contribution in [3.8, 4) is 11.5 Å². The van der Waals surface area contributed by atoms with Gasteiger partial charge in [0.05, 0.1) is 11.0 Å². The minimum absolute atomic E-state index is 0. The molecule has 0 heterocycles. The van der Waals surface area contributed by atoms with Crippen molar-refractivity contribution in [2.75, 3.05) is 0 Å². The van der Waals surface area contributed by atoms with Crippen molar-refractivity contribution in [1.82, 2.24) is 0 Å². The molecule has 0 bridgehead atoms. The molecule has 0 spiro atoms. The third kappa shape index (κ3) is 6.62. The minimum atomic E-state index is -1.26.